The quantitative estimate of drug-likeness (QED) is 0.779. The number of carbonyl (C=O) groups is 2. The molecule has 1 N–H and O–H groups in total. The molecular formula is C18H24N2O5. The molecule has 0 unspecified atom stereocenters. The average molecular weight is 348 g/mol. The monoisotopic (exact) mass is 348 g/mol. The van der Waals surface area contributed by atoms with Gasteiger partial charge in [-0.1, -0.05) is 0 Å². The predicted octanol–water partition coefficient (Wildman–Crippen LogP) is 1.21. The fraction of sp³-hybridized carbons (Fsp3) is 0.556. The van der Waals surface area contributed by atoms with Gasteiger partial charge in [-0.2, -0.15) is 0 Å². The van der Waals surface area contributed by atoms with E-state index in [1.54, 1.807) is 19.1 Å². The summed E-state index contributed by atoms with van der Waals surface area (Å²) in [5.41, 5.74) is -0.0531. The lowest BCUT2D eigenvalue weighted by atomic mass is 10.1. The smallest absolute Gasteiger partial charge is 0.319 e. The molecule has 3 rings (SSSR count). The van der Waals surface area contributed by atoms with Crippen LogP contribution in [-0.4, -0.2) is 67.2 Å². The zero-order chi connectivity index (χ0) is 18.0. The van der Waals surface area contributed by atoms with Gasteiger partial charge in [-0.3, -0.25) is 14.5 Å². The number of hydrogen-bond donors (Lipinski definition) is 1. The van der Waals surface area contributed by atoms with Crippen molar-refractivity contribution in [2.24, 2.45) is 5.41 Å². The van der Waals surface area contributed by atoms with Gasteiger partial charge in [0.1, 0.15) is 16.9 Å². The van der Waals surface area contributed by atoms with Gasteiger partial charge in [0.25, 0.3) is 0 Å². The van der Waals surface area contributed by atoms with Crippen LogP contribution in [0.15, 0.2) is 18.2 Å². The molecule has 0 spiro atoms. The van der Waals surface area contributed by atoms with Crippen LogP contribution in [0.2, 0.25) is 0 Å². The first kappa shape index (κ1) is 17.5. The van der Waals surface area contributed by atoms with Crippen LogP contribution < -0.4 is 9.47 Å². The van der Waals surface area contributed by atoms with Gasteiger partial charge in [-0.25, -0.2) is 0 Å². The Kier molecular flexibility index (Phi) is 4.85. The molecule has 0 radical (unpaired) electrons. The van der Waals surface area contributed by atoms with Crippen LogP contribution in [0, 0.1) is 5.41 Å². The second-order valence-electron chi connectivity index (χ2n) is 6.68. The summed E-state index contributed by atoms with van der Waals surface area (Å²) in [4.78, 5) is 27.7. The molecule has 0 atom stereocenters. The van der Waals surface area contributed by atoms with E-state index in [2.05, 4.69) is 4.90 Å². The number of carbonyl (C=O) groups excluding carboxylic acids is 1. The highest BCUT2D eigenvalue weighted by atomic mass is 16.5. The minimum absolute atomic E-state index is 0.220. The number of aliphatic carboxylic acids is 1. The first-order valence-corrected chi connectivity index (χ1v) is 8.45. The highest BCUT2D eigenvalue weighted by molar-refractivity contribution is 6.04. The maximum absolute atomic E-state index is 12.4. The predicted molar refractivity (Wildman–Crippen MR) is 90.7 cm³/mol. The highest BCUT2D eigenvalue weighted by Gasteiger charge is 2.58. The fourth-order valence-corrected chi connectivity index (χ4v) is 3.27. The summed E-state index contributed by atoms with van der Waals surface area (Å²) in [6, 6.07) is 5.79. The molecule has 2 fully saturated rings. The van der Waals surface area contributed by atoms with Gasteiger partial charge in [0.05, 0.1) is 14.2 Å². The zero-order valence-electron chi connectivity index (χ0n) is 14.7. The number of ether oxygens (including phenoxy) is 2. The maximum atomic E-state index is 12.4. The molecule has 1 aliphatic heterocycles. The molecule has 25 heavy (non-hydrogen) atoms. The number of carboxylic acid groups (broad SMARTS) is 1. The molecule has 7 nitrogen and oxygen atoms in total. The number of methoxy groups -OCH3 is 2. The van der Waals surface area contributed by atoms with Gasteiger partial charge in [-0.15, -0.1) is 0 Å². The van der Waals surface area contributed by atoms with Gasteiger partial charge in [0.2, 0.25) is 5.91 Å². The largest absolute Gasteiger partial charge is 0.497 e. The zero-order valence-corrected chi connectivity index (χ0v) is 14.7. The van der Waals surface area contributed by atoms with Crippen molar-refractivity contribution in [1.29, 1.82) is 0 Å². The Balaban J connectivity index is 1.58. The molecule has 1 saturated carbocycles. The van der Waals surface area contributed by atoms with Crippen molar-refractivity contribution in [3.8, 4) is 11.5 Å². The highest BCUT2D eigenvalue weighted by Crippen LogP contribution is 2.47. The molecule has 2 aliphatic rings. The van der Waals surface area contributed by atoms with Crippen LogP contribution in [0.4, 0.5) is 0 Å². The Morgan fingerprint density at radius 1 is 1.04 bits per heavy atom. The number of rotatable bonds is 6. The third-order valence-corrected chi connectivity index (χ3v) is 5.05. The van der Waals surface area contributed by atoms with Gasteiger partial charge in [-0.05, 0) is 30.5 Å². The molecule has 0 bridgehead atoms. The summed E-state index contributed by atoms with van der Waals surface area (Å²) in [7, 11) is 3.25. The number of hydrogen-bond acceptors (Lipinski definition) is 5. The van der Waals surface area contributed by atoms with E-state index >= 15 is 0 Å². The second-order valence-corrected chi connectivity index (χ2v) is 6.68. The fourth-order valence-electron chi connectivity index (χ4n) is 3.27. The van der Waals surface area contributed by atoms with Crippen molar-refractivity contribution in [3.05, 3.63) is 23.8 Å². The Morgan fingerprint density at radius 3 is 2.04 bits per heavy atom. The van der Waals surface area contributed by atoms with Gasteiger partial charge in [0.15, 0.2) is 0 Å². The molecular weight excluding hydrogens is 324 g/mol. The molecule has 1 saturated heterocycles. The van der Waals surface area contributed by atoms with E-state index in [-0.39, 0.29) is 5.91 Å². The lowest BCUT2D eigenvalue weighted by Crippen LogP contribution is -2.51. The minimum atomic E-state index is -1.14. The molecule has 1 aromatic carbocycles. The first-order chi connectivity index (χ1) is 12.0. The third-order valence-electron chi connectivity index (χ3n) is 5.05. The van der Waals surface area contributed by atoms with E-state index in [0.29, 0.717) is 25.9 Å². The van der Waals surface area contributed by atoms with E-state index in [1.165, 1.54) is 0 Å². The van der Waals surface area contributed by atoms with Crippen LogP contribution in [0.1, 0.15) is 18.4 Å². The van der Waals surface area contributed by atoms with Crippen LogP contribution in [0.3, 0.4) is 0 Å². The summed E-state index contributed by atoms with van der Waals surface area (Å²) >= 11 is 0. The molecule has 1 heterocycles. The first-order valence-electron chi connectivity index (χ1n) is 8.45. The maximum Gasteiger partial charge on any atom is 0.319 e. The van der Waals surface area contributed by atoms with Gasteiger partial charge >= 0.3 is 5.97 Å². The molecule has 136 valence electrons. The Labute approximate surface area is 147 Å². The van der Waals surface area contributed by atoms with Crippen molar-refractivity contribution < 1.29 is 24.2 Å². The lowest BCUT2D eigenvalue weighted by molar-refractivity contribution is -0.154. The van der Waals surface area contributed by atoms with Crippen molar-refractivity contribution in [3.63, 3.8) is 0 Å². The lowest BCUT2D eigenvalue weighted by Gasteiger charge is -2.36. The summed E-state index contributed by atoms with van der Waals surface area (Å²) in [6.07, 6.45) is 0.927. The summed E-state index contributed by atoms with van der Waals surface area (Å²) in [6.45, 7) is 3.31. The van der Waals surface area contributed by atoms with Crippen molar-refractivity contribution in [2.75, 3.05) is 40.4 Å². The van der Waals surface area contributed by atoms with E-state index < -0.39 is 11.4 Å². The minimum Gasteiger partial charge on any atom is -0.497 e. The Morgan fingerprint density at radius 2 is 1.60 bits per heavy atom. The SMILES string of the molecule is COc1cc(CN2CCN(C(=O)C3(C(=O)O)CC3)CC2)cc(OC)c1. The van der Waals surface area contributed by atoms with Crippen LogP contribution >= 0.6 is 0 Å². The van der Waals surface area contributed by atoms with E-state index in [1.807, 2.05) is 18.2 Å². The van der Waals surface area contributed by atoms with E-state index in [9.17, 15) is 14.7 Å². The van der Waals surface area contributed by atoms with E-state index in [0.717, 1.165) is 36.7 Å². The standard InChI is InChI=1S/C18H24N2O5/c1-24-14-9-13(10-15(11-14)25-2)12-19-5-7-20(8-6-19)16(21)18(3-4-18)17(22)23/h9-11H,3-8,12H2,1-2H3,(H,22,23). The van der Waals surface area contributed by atoms with Crippen molar-refractivity contribution in [1.82, 2.24) is 9.80 Å². The second kappa shape index (κ2) is 6.92. The number of carboxylic acids is 1. The van der Waals surface area contributed by atoms with Crippen molar-refractivity contribution in [2.45, 2.75) is 19.4 Å². The summed E-state index contributed by atoms with van der Waals surface area (Å²) in [5, 5.41) is 9.27. The normalized spacial score (nSPS) is 19.4. The Bertz CT molecular complexity index is 641. The van der Waals surface area contributed by atoms with Gasteiger partial charge < -0.3 is 19.5 Å². The van der Waals surface area contributed by atoms with Crippen LogP contribution in [0.5, 0.6) is 11.5 Å². The van der Waals surface area contributed by atoms with Gasteiger partial charge in [0, 0.05) is 38.8 Å². The van der Waals surface area contributed by atoms with Crippen LogP contribution in [0.25, 0.3) is 0 Å². The summed E-state index contributed by atoms with van der Waals surface area (Å²) < 4.78 is 10.6. The topological polar surface area (TPSA) is 79.3 Å². The number of amides is 1. The third kappa shape index (κ3) is 3.56. The number of benzene rings is 1. The number of piperazine rings is 1. The van der Waals surface area contributed by atoms with E-state index in [4.69, 9.17) is 9.47 Å². The van der Waals surface area contributed by atoms with Crippen molar-refractivity contribution >= 4 is 11.9 Å². The Hall–Kier alpha value is -2.28. The molecule has 1 aromatic rings. The summed E-state index contributed by atoms with van der Waals surface area (Å²) in [5.74, 6) is 0.298. The van der Waals surface area contributed by atoms with Crippen LogP contribution in [-0.2, 0) is 16.1 Å². The number of nitrogens with zero attached hydrogens (tertiary/aromatic N) is 2. The molecule has 1 amide bonds. The molecule has 0 aromatic heterocycles. The molecule has 1 aliphatic carbocycles. The average Bonchev–Trinajstić information content (AvgIpc) is 3.43. The molecule has 7 heteroatoms.